The Morgan fingerprint density at radius 1 is 1.15 bits per heavy atom. The zero-order valence-corrected chi connectivity index (χ0v) is 14.8. The Labute approximate surface area is 149 Å². The van der Waals surface area contributed by atoms with Crippen LogP contribution in [-0.2, 0) is 20.6 Å². The number of ether oxygens (including phenoxy) is 1. The van der Waals surface area contributed by atoms with E-state index in [1.165, 1.54) is 11.6 Å². The van der Waals surface area contributed by atoms with Crippen LogP contribution in [0.4, 0.5) is 0 Å². The van der Waals surface area contributed by atoms with Crippen molar-refractivity contribution in [2.75, 3.05) is 13.2 Å². The zero-order valence-electron chi connectivity index (χ0n) is 14.8. The highest BCUT2D eigenvalue weighted by atomic mass is 16.5. The number of aromatic nitrogens is 4. The van der Waals surface area contributed by atoms with Crippen molar-refractivity contribution in [2.24, 2.45) is 19.8 Å². The average molecular weight is 355 g/mol. The molecule has 2 N–H and O–H groups in total. The normalized spacial score (nSPS) is 11.5. The van der Waals surface area contributed by atoms with Gasteiger partial charge in [-0.3, -0.25) is 18.5 Å². The Balaban J connectivity index is 2.10. The van der Waals surface area contributed by atoms with Crippen LogP contribution in [0.3, 0.4) is 0 Å². The molecule has 0 aliphatic carbocycles. The maximum atomic E-state index is 12.6. The van der Waals surface area contributed by atoms with Crippen LogP contribution in [0.2, 0.25) is 0 Å². The second-order valence-corrected chi connectivity index (χ2v) is 5.83. The highest BCUT2D eigenvalue weighted by Crippen LogP contribution is 2.18. The lowest BCUT2D eigenvalue weighted by molar-refractivity contribution is 0.291. The van der Waals surface area contributed by atoms with Gasteiger partial charge in [0.05, 0.1) is 0 Å². The maximum absolute atomic E-state index is 12.6. The van der Waals surface area contributed by atoms with Crippen molar-refractivity contribution < 1.29 is 4.74 Å². The molecule has 0 amide bonds. The number of imidazole rings is 1. The van der Waals surface area contributed by atoms with Crippen LogP contribution in [0.5, 0.6) is 6.01 Å². The molecule has 26 heavy (non-hydrogen) atoms. The molecule has 0 radical (unpaired) electrons. The molecule has 136 valence electrons. The van der Waals surface area contributed by atoms with Crippen LogP contribution in [0.25, 0.3) is 17.2 Å². The van der Waals surface area contributed by atoms with Crippen LogP contribution in [0.15, 0.2) is 46.0 Å². The first-order valence-corrected chi connectivity index (χ1v) is 8.25. The average Bonchev–Trinajstić information content (AvgIpc) is 3.02. The summed E-state index contributed by atoms with van der Waals surface area (Å²) in [5.41, 5.74) is 6.32. The number of benzene rings is 1. The molecule has 0 bridgehead atoms. The van der Waals surface area contributed by atoms with Crippen LogP contribution in [0.1, 0.15) is 5.56 Å². The molecule has 0 atom stereocenters. The van der Waals surface area contributed by atoms with Gasteiger partial charge in [0.25, 0.3) is 11.6 Å². The van der Waals surface area contributed by atoms with Crippen molar-refractivity contribution in [3.63, 3.8) is 0 Å². The van der Waals surface area contributed by atoms with Crippen molar-refractivity contribution in [2.45, 2.75) is 6.54 Å². The predicted molar refractivity (Wildman–Crippen MR) is 100 cm³/mol. The van der Waals surface area contributed by atoms with E-state index in [1.807, 2.05) is 42.5 Å². The summed E-state index contributed by atoms with van der Waals surface area (Å²) in [6.07, 6.45) is 3.86. The first-order valence-electron chi connectivity index (χ1n) is 8.25. The van der Waals surface area contributed by atoms with Crippen molar-refractivity contribution in [3.8, 4) is 6.01 Å². The Morgan fingerprint density at radius 2 is 1.88 bits per heavy atom. The molecule has 0 unspecified atom stereocenters. The fourth-order valence-electron chi connectivity index (χ4n) is 2.71. The van der Waals surface area contributed by atoms with Gasteiger partial charge in [-0.15, -0.1) is 0 Å². The molecule has 3 aromatic rings. The van der Waals surface area contributed by atoms with Gasteiger partial charge in [-0.05, 0) is 5.56 Å². The van der Waals surface area contributed by atoms with Crippen LogP contribution in [-0.4, -0.2) is 31.8 Å². The summed E-state index contributed by atoms with van der Waals surface area (Å²) in [5, 5.41) is 0. The van der Waals surface area contributed by atoms with Gasteiger partial charge in [0.1, 0.15) is 6.61 Å². The van der Waals surface area contributed by atoms with Gasteiger partial charge >= 0.3 is 5.69 Å². The standard InChI is InChI=1S/C18H21N5O3/c1-21-15-14(16(24)22(2)18(21)25)23(17(20-15)26-12-10-19)11-6-9-13-7-4-3-5-8-13/h3-9H,10-12,19H2,1-2H3. The van der Waals surface area contributed by atoms with Gasteiger partial charge < -0.3 is 10.5 Å². The SMILES string of the molecule is Cn1c(=O)c2c(nc(OCCN)n2CC=Cc2ccccc2)n(C)c1=O. The lowest BCUT2D eigenvalue weighted by Gasteiger charge is -2.07. The third kappa shape index (κ3) is 3.18. The summed E-state index contributed by atoms with van der Waals surface area (Å²) in [7, 11) is 3.02. The number of nitrogens with two attached hydrogens (primary N) is 1. The van der Waals surface area contributed by atoms with Crippen LogP contribution < -0.4 is 21.7 Å². The van der Waals surface area contributed by atoms with E-state index in [-0.39, 0.29) is 12.6 Å². The second kappa shape index (κ2) is 7.40. The summed E-state index contributed by atoms with van der Waals surface area (Å²) < 4.78 is 9.65. The minimum atomic E-state index is -0.433. The second-order valence-electron chi connectivity index (χ2n) is 5.83. The van der Waals surface area contributed by atoms with Crippen molar-refractivity contribution >= 4 is 17.2 Å². The van der Waals surface area contributed by atoms with E-state index in [0.29, 0.717) is 24.3 Å². The molecule has 0 saturated heterocycles. The van der Waals surface area contributed by atoms with E-state index < -0.39 is 11.2 Å². The predicted octanol–water partition coefficient (Wildman–Crippen LogP) is 0.485. The summed E-state index contributed by atoms with van der Waals surface area (Å²) in [4.78, 5) is 29.1. The van der Waals surface area contributed by atoms with Crippen molar-refractivity contribution in [1.82, 2.24) is 18.7 Å². The number of allylic oxidation sites excluding steroid dienone is 1. The number of fused-ring (bicyclic) bond motifs is 1. The lowest BCUT2D eigenvalue weighted by atomic mass is 10.2. The minimum Gasteiger partial charge on any atom is -0.463 e. The van der Waals surface area contributed by atoms with Crippen LogP contribution >= 0.6 is 0 Å². The minimum absolute atomic E-state index is 0.264. The Morgan fingerprint density at radius 3 is 2.58 bits per heavy atom. The Bertz CT molecular complexity index is 1060. The number of hydrogen-bond donors (Lipinski definition) is 1. The van der Waals surface area contributed by atoms with E-state index in [1.54, 1.807) is 11.6 Å². The molecule has 3 rings (SSSR count). The number of aryl methyl sites for hydroxylation is 1. The summed E-state index contributed by atoms with van der Waals surface area (Å²) in [5.74, 6) is 0. The van der Waals surface area contributed by atoms with Crippen molar-refractivity contribution in [1.29, 1.82) is 0 Å². The highest BCUT2D eigenvalue weighted by molar-refractivity contribution is 5.72. The molecule has 0 aliphatic rings. The maximum Gasteiger partial charge on any atom is 0.332 e. The third-order valence-corrected chi connectivity index (χ3v) is 4.06. The van der Waals surface area contributed by atoms with E-state index in [0.717, 1.165) is 10.1 Å². The number of hydrogen-bond acceptors (Lipinski definition) is 5. The van der Waals surface area contributed by atoms with Gasteiger partial charge in [-0.25, -0.2) is 4.79 Å². The third-order valence-electron chi connectivity index (χ3n) is 4.06. The monoisotopic (exact) mass is 355 g/mol. The topological polar surface area (TPSA) is 97.1 Å². The van der Waals surface area contributed by atoms with E-state index in [4.69, 9.17) is 10.5 Å². The zero-order chi connectivity index (χ0) is 18.7. The molecule has 8 heteroatoms. The molecule has 0 saturated carbocycles. The molecular formula is C18H21N5O3. The van der Waals surface area contributed by atoms with Crippen LogP contribution in [0, 0.1) is 0 Å². The van der Waals surface area contributed by atoms with Crippen molar-refractivity contribution in [3.05, 3.63) is 62.8 Å². The van der Waals surface area contributed by atoms with Gasteiger partial charge in [0, 0.05) is 27.2 Å². The summed E-state index contributed by atoms with van der Waals surface area (Å²) >= 11 is 0. The first-order chi connectivity index (χ1) is 12.5. The Kier molecular flexibility index (Phi) is 5.04. The molecule has 2 heterocycles. The Hall–Kier alpha value is -3.13. The molecule has 1 aromatic carbocycles. The fourth-order valence-corrected chi connectivity index (χ4v) is 2.71. The molecule has 0 aliphatic heterocycles. The van der Waals surface area contributed by atoms with E-state index >= 15 is 0 Å². The summed E-state index contributed by atoms with van der Waals surface area (Å²) in [6, 6.07) is 10.1. The molecule has 0 spiro atoms. The number of rotatable bonds is 6. The van der Waals surface area contributed by atoms with E-state index in [9.17, 15) is 9.59 Å². The summed E-state index contributed by atoms with van der Waals surface area (Å²) in [6.45, 7) is 0.957. The molecule has 8 nitrogen and oxygen atoms in total. The van der Waals surface area contributed by atoms with E-state index in [2.05, 4.69) is 4.98 Å². The molecular weight excluding hydrogens is 334 g/mol. The quantitative estimate of drug-likeness (QED) is 0.694. The van der Waals surface area contributed by atoms with Gasteiger partial charge in [-0.1, -0.05) is 42.5 Å². The smallest absolute Gasteiger partial charge is 0.332 e. The fraction of sp³-hybridized carbons (Fsp3) is 0.278. The number of nitrogens with zero attached hydrogens (tertiary/aromatic N) is 4. The lowest BCUT2D eigenvalue weighted by Crippen LogP contribution is -2.37. The molecule has 2 aromatic heterocycles. The van der Waals surface area contributed by atoms with Gasteiger partial charge in [0.2, 0.25) is 0 Å². The van der Waals surface area contributed by atoms with Gasteiger partial charge in [-0.2, -0.15) is 4.98 Å². The first kappa shape index (κ1) is 17.7. The van der Waals surface area contributed by atoms with Gasteiger partial charge in [0.15, 0.2) is 11.2 Å². The molecule has 0 fully saturated rings. The highest BCUT2D eigenvalue weighted by Gasteiger charge is 2.19. The largest absolute Gasteiger partial charge is 0.463 e.